The summed E-state index contributed by atoms with van der Waals surface area (Å²) in [7, 11) is -2.21. The lowest BCUT2D eigenvalue weighted by Crippen LogP contribution is -2.45. The molecular formula is C16H23ClN2O4S. The van der Waals surface area contributed by atoms with Crippen molar-refractivity contribution in [3.63, 3.8) is 0 Å². The fourth-order valence-corrected chi connectivity index (χ4v) is 4.60. The zero-order valence-corrected chi connectivity index (χ0v) is 15.5. The van der Waals surface area contributed by atoms with Crippen molar-refractivity contribution in [1.29, 1.82) is 0 Å². The number of methoxy groups -OCH3 is 1. The van der Waals surface area contributed by atoms with Crippen LogP contribution in [0.15, 0.2) is 23.1 Å². The molecule has 1 N–H and O–H groups in total. The molecule has 1 atom stereocenters. The van der Waals surface area contributed by atoms with E-state index >= 15 is 0 Å². The van der Waals surface area contributed by atoms with Gasteiger partial charge in [0, 0.05) is 19.6 Å². The molecule has 0 bridgehead atoms. The van der Waals surface area contributed by atoms with E-state index in [9.17, 15) is 13.2 Å². The molecule has 0 unspecified atom stereocenters. The Morgan fingerprint density at radius 3 is 2.83 bits per heavy atom. The van der Waals surface area contributed by atoms with Crippen LogP contribution in [0.1, 0.15) is 26.2 Å². The molecule has 6 nitrogen and oxygen atoms in total. The summed E-state index contributed by atoms with van der Waals surface area (Å²) in [5.74, 6) is 0.0318. The van der Waals surface area contributed by atoms with E-state index in [2.05, 4.69) is 5.32 Å². The third-order valence-corrected chi connectivity index (χ3v) is 6.22. The predicted molar refractivity (Wildman–Crippen MR) is 92.8 cm³/mol. The lowest BCUT2D eigenvalue weighted by molar-refractivity contribution is -0.126. The number of benzene rings is 1. The summed E-state index contributed by atoms with van der Waals surface area (Å²) >= 11 is 6.04. The van der Waals surface area contributed by atoms with Gasteiger partial charge in [0.25, 0.3) is 0 Å². The first-order chi connectivity index (χ1) is 11.4. The molecule has 24 heavy (non-hydrogen) atoms. The lowest BCUT2D eigenvalue weighted by atomic mass is 9.99. The van der Waals surface area contributed by atoms with Gasteiger partial charge in [0.1, 0.15) is 5.75 Å². The number of sulfonamides is 1. The third kappa shape index (κ3) is 4.20. The van der Waals surface area contributed by atoms with E-state index in [-0.39, 0.29) is 28.3 Å². The van der Waals surface area contributed by atoms with Crippen molar-refractivity contribution in [2.75, 3.05) is 26.7 Å². The zero-order chi connectivity index (χ0) is 17.7. The summed E-state index contributed by atoms with van der Waals surface area (Å²) in [5, 5.41) is 3.08. The molecule has 0 aliphatic carbocycles. The molecule has 1 aromatic rings. The standard InChI is InChI=1S/C16H23ClN2O4S/c1-3-8-18-16(20)12-5-4-9-19(11-12)24(21,22)13-6-7-15(23-2)14(17)10-13/h6-7,10,12H,3-5,8-9,11H2,1-2H3,(H,18,20)/t12-/m0/s1. The molecule has 1 aliphatic rings. The van der Waals surface area contributed by atoms with Gasteiger partial charge < -0.3 is 10.1 Å². The van der Waals surface area contributed by atoms with Crippen LogP contribution in [0.25, 0.3) is 0 Å². The van der Waals surface area contributed by atoms with Crippen molar-refractivity contribution in [3.05, 3.63) is 23.2 Å². The van der Waals surface area contributed by atoms with Gasteiger partial charge in [0.2, 0.25) is 15.9 Å². The summed E-state index contributed by atoms with van der Waals surface area (Å²) in [4.78, 5) is 12.2. The van der Waals surface area contributed by atoms with Crippen LogP contribution in [-0.4, -0.2) is 45.4 Å². The second-order valence-corrected chi connectivity index (χ2v) is 8.13. The first-order valence-electron chi connectivity index (χ1n) is 8.01. The summed E-state index contributed by atoms with van der Waals surface area (Å²) in [5.41, 5.74) is 0. The van der Waals surface area contributed by atoms with Gasteiger partial charge in [-0.15, -0.1) is 0 Å². The monoisotopic (exact) mass is 374 g/mol. The topological polar surface area (TPSA) is 75.7 Å². The highest BCUT2D eigenvalue weighted by atomic mass is 35.5. The number of nitrogens with zero attached hydrogens (tertiary/aromatic N) is 1. The van der Waals surface area contributed by atoms with E-state index in [1.54, 1.807) is 0 Å². The maximum atomic E-state index is 12.8. The van der Waals surface area contributed by atoms with Crippen molar-refractivity contribution in [3.8, 4) is 5.75 Å². The number of piperidine rings is 1. The second kappa shape index (κ2) is 8.18. The average Bonchev–Trinajstić information content (AvgIpc) is 2.59. The Bertz CT molecular complexity index is 693. The normalized spacial score (nSPS) is 19.0. The van der Waals surface area contributed by atoms with Crippen molar-refractivity contribution < 1.29 is 17.9 Å². The van der Waals surface area contributed by atoms with Gasteiger partial charge in [0.05, 0.1) is 22.9 Å². The Morgan fingerprint density at radius 1 is 1.46 bits per heavy atom. The summed E-state index contributed by atoms with van der Waals surface area (Å²) in [6, 6.07) is 4.39. The molecule has 1 fully saturated rings. The number of ether oxygens (including phenoxy) is 1. The van der Waals surface area contributed by atoms with E-state index in [4.69, 9.17) is 16.3 Å². The van der Waals surface area contributed by atoms with Crippen LogP contribution < -0.4 is 10.1 Å². The van der Waals surface area contributed by atoms with Gasteiger partial charge in [-0.2, -0.15) is 4.31 Å². The second-order valence-electron chi connectivity index (χ2n) is 5.79. The Labute approximate surface area is 148 Å². The van der Waals surface area contributed by atoms with Crippen LogP contribution in [0, 0.1) is 5.92 Å². The van der Waals surface area contributed by atoms with Gasteiger partial charge in [-0.25, -0.2) is 8.42 Å². The van der Waals surface area contributed by atoms with Crippen molar-refractivity contribution in [2.24, 2.45) is 5.92 Å². The predicted octanol–water partition coefficient (Wildman–Crippen LogP) is 2.28. The minimum absolute atomic E-state index is 0.0792. The van der Waals surface area contributed by atoms with Crippen molar-refractivity contribution >= 4 is 27.5 Å². The molecule has 1 saturated heterocycles. The smallest absolute Gasteiger partial charge is 0.243 e. The average molecular weight is 375 g/mol. The number of hydrogen-bond acceptors (Lipinski definition) is 4. The summed E-state index contributed by atoms with van der Waals surface area (Å²) < 4.78 is 32.0. The van der Waals surface area contributed by atoms with Gasteiger partial charge in [0.15, 0.2) is 0 Å². The first kappa shape index (κ1) is 19.0. The fraction of sp³-hybridized carbons (Fsp3) is 0.562. The number of nitrogens with one attached hydrogen (secondary N) is 1. The summed E-state index contributed by atoms with van der Waals surface area (Å²) in [6.07, 6.45) is 2.21. The van der Waals surface area contributed by atoms with Gasteiger partial charge in [-0.05, 0) is 37.5 Å². The Balaban J connectivity index is 2.16. The number of carbonyl (C=O) groups is 1. The Hall–Kier alpha value is -1.31. The van der Waals surface area contributed by atoms with E-state index < -0.39 is 10.0 Å². The Morgan fingerprint density at radius 2 is 2.21 bits per heavy atom. The minimum Gasteiger partial charge on any atom is -0.495 e. The molecular weight excluding hydrogens is 352 g/mol. The van der Waals surface area contributed by atoms with E-state index in [0.717, 1.165) is 6.42 Å². The van der Waals surface area contributed by atoms with Crippen LogP contribution in [0.3, 0.4) is 0 Å². The van der Waals surface area contributed by atoms with Crippen LogP contribution in [0.4, 0.5) is 0 Å². The number of carbonyl (C=O) groups excluding carboxylic acids is 1. The molecule has 8 heteroatoms. The van der Waals surface area contributed by atoms with Crippen LogP contribution >= 0.6 is 11.6 Å². The number of amides is 1. The molecule has 1 heterocycles. The first-order valence-corrected chi connectivity index (χ1v) is 9.83. The van der Waals surface area contributed by atoms with E-state index in [1.807, 2.05) is 6.92 Å². The zero-order valence-electron chi connectivity index (χ0n) is 13.9. The molecule has 0 radical (unpaired) electrons. The maximum Gasteiger partial charge on any atom is 0.243 e. The lowest BCUT2D eigenvalue weighted by Gasteiger charge is -2.31. The van der Waals surface area contributed by atoms with Gasteiger partial charge in [-0.3, -0.25) is 4.79 Å². The van der Waals surface area contributed by atoms with E-state index in [1.165, 1.54) is 29.6 Å². The highest BCUT2D eigenvalue weighted by Crippen LogP contribution is 2.30. The molecule has 1 aliphatic heterocycles. The van der Waals surface area contributed by atoms with Crippen molar-refractivity contribution in [2.45, 2.75) is 31.1 Å². The van der Waals surface area contributed by atoms with Crippen molar-refractivity contribution in [1.82, 2.24) is 9.62 Å². The molecule has 0 spiro atoms. The highest BCUT2D eigenvalue weighted by Gasteiger charge is 2.33. The highest BCUT2D eigenvalue weighted by molar-refractivity contribution is 7.89. The summed E-state index contributed by atoms with van der Waals surface area (Å²) in [6.45, 7) is 3.19. The van der Waals surface area contributed by atoms with Gasteiger partial charge in [-0.1, -0.05) is 18.5 Å². The molecule has 1 aromatic carbocycles. The number of rotatable bonds is 6. The molecule has 1 amide bonds. The maximum absolute atomic E-state index is 12.8. The van der Waals surface area contributed by atoms with Crippen LogP contribution in [0.2, 0.25) is 5.02 Å². The minimum atomic E-state index is -3.68. The van der Waals surface area contributed by atoms with E-state index in [0.29, 0.717) is 31.7 Å². The SMILES string of the molecule is CCCNC(=O)[C@H]1CCCN(S(=O)(=O)c2ccc(OC)c(Cl)c2)C1. The fourth-order valence-electron chi connectivity index (χ4n) is 2.72. The molecule has 0 saturated carbocycles. The molecule has 0 aromatic heterocycles. The Kier molecular flexibility index (Phi) is 6.48. The number of hydrogen-bond donors (Lipinski definition) is 1. The molecule has 134 valence electrons. The number of halogens is 1. The van der Waals surface area contributed by atoms with Crippen LogP contribution in [0.5, 0.6) is 5.75 Å². The largest absolute Gasteiger partial charge is 0.495 e. The quantitative estimate of drug-likeness (QED) is 0.828. The van der Waals surface area contributed by atoms with Crippen LogP contribution in [-0.2, 0) is 14.8 Å². The third-order valence-electron chi connectivity index (χ3n) is 4.07. The van der Waals surface area contributed by atoms with Gasteiger partial charge >= 0.3 is 0 Å². The molecule has 2 rings (SSSR count).